The molecule has 0 aromatic carbocycles. The average Bonchev–Trinajstić information content (AvgIpc) is 2.61. The van der Waals surface area contributed by atoms with Crippen LogP contribution in [0.3, 0.4) is 0 Å². The number of carbonyl (C=O) groups excluding carboxylic acids is 1. The Hall–Kier alpha value is -1.36. The van der Waals surface area contributed by atoms with Gasteiger partial charge in [0.1, 0.15) is 4.88 Å². The zero-order valence-corrected chi connectivity index (χ0v) is 10.9. The summed E-state index contributed by atoms with van der Waals surface area (Å²) in [5, 5.41) is 13.4. The lowest BCUT2D eigenvalue weighted by Crippen LogP contribution is -2.13. The van der Waals surface area contributed by atoms with E-state index in [1.54, 1.807) is 12.3 Å². The predicted molar refractivity (Wildman–Crippen MR) is 68.8 cm³/mol. The maximum absolute atomic E-state index is 11.6. The number of aryl methyl sites for hydroxylation is 1. The fourth-order valence-electron chi connectivity index (χ4n) is 1.49. The van der Waals surface area contributed by atoms with Crippen molar-refractivity contribution in [3.8, 4) is 0 Å². The van der Waals surface area contributed by atoms with Crippen LogP contribution in [0.5, 0.6) is 0 Å². The summed E-state index contributed by atoms with van der Waals surface area (Å²) < 4.78 is 0. The van der Waals surface area contributed by atoms with Gasteiger partial charge in [0.05, 0.1) is 5.69 Å². The van der Waals surface area contributed by atoms with Gasteiger partial charge in [0, 0.05) is 6.42 Å². The van der Waals surface area contributed by atoms with Gasteiger partial charge in [0.15, 0.2) is 0 Å². The molecule has 1 heterocycles. The van der Waals surface area contributed by atoms with Crippen molar-refractivity contribution in [3.63, 3.8) is 0 Å². The molecule has 0 saturated heterocycles. The molecule has 17 heavy (non-hydrogen) atoms. The van der Waals surface area contributed by atoms with E-state index in [0.717, 1.165) is 36.2 Å². The number of carboxylic acid groups (broad SMARTS) is 1. The van der Waals surface area contributed by atoms with Crippen LogP contribution in [-0.4, -0.2) is 17.0 Å². The number of thiophene rings is 1. The number of nitrogens with one attached hydrogen (secondary N) is 1. The Kier molecular flexibility index (Phi) is 5.15. The van der Waals surface area contributed by atoms with Gasteiger partial charge in [-0.2, -0.15) is 0 Å². The van der Waals surface area contributed by atoms with Crippen molar-refractivity contribution in [3.05, 3.63) is 15.8 Å². The first-order valence-corrected chi connectivity index (χ1v) is 6.55. The second-order valence-electron chi connectivity index (χ2n) is 3.93. The van der Waals surface area contributed by atoms with Gasteiger partial charge in [0.25, 0.3) is 0 Å². The first-order valence-electron chi connectivity index (χ1n) is 5.67. The standard InChI is InChI=1S/C12H17NO3S/c1-3-4-5-6-9(14)13-10-8(2)7-17-11(10)12(15)16/h7H,3-6H2,1-2H3,(H,13,14)(H,15,16). The molecule has 2 N–H and O–H groups in total. The number of carbonyl (C=O) groups is 2. The molecule has 5 heteroatoms. The van der Waals surface area contributed by atoms with Gasteiger partial charge in [-0.25, -0.2) is 4.79 Å². The minimum atomic E-state index is -0.994. The number of aromatic carboxylic acids is 1. The van der Waals surface area contributed by atoms with E-state index in [1.165, 1.54) is 0 Å². The molecule has 1 amide bonds. The smallest absolute Gasteiger partial charge is 0.348 e. The van der Waals surface area contributed by atoms with Crippen LogP contribution in [0.25, 0.3) is 0 Å². The first kappa shape index (κ1) is 13.7. The molecule has 0 unspecified atom stereocenters. The summed E-state index contributed by atoms with van der Waals surface area (Å²) in [6.07, 6.45) is 3.36. The summed E-state index contributed by atoms with van der Waals surface area (Å²) in [7, 11) is 0. The van der Waals surface area contributed by atoms with E-state index in [0.29, 0.717) is 12.1 Å². The molecular formula is C12H17NO3S. The molecule has 0 aliphatic rings. The molecule has 0 spiro atoms. The summed E-state index contributed by atoms with van der Waals surface area (Å²) in [4.78, 5) is 22.7. The minimum Gasteiger partial charge on any atom is -0.477 e. The summed E-state index contributed by atoms with van der Waals surface area (Å²) >= 11 is 1.14. The van der Waals surface area contributed by atoms with Gasteiger partial charge in [-0.05, 0) is 24.3 Å². The van der Waals surface area contributed by atoms with Crippen molar-refractivity contribution in [2.24, 2.45) is 0 Å². The molecule has 0 bridgehead atoms. The Morgan fingerprint density at radius 1 is 1.41 bits per heavy atom. The van der Waals surface area contributed by atoms with E-state index in [9.17, 15) is 9.59 Å². The maximum Gasteiger partial charge on any atom is 0.348 e. The van der Waals surface area contributed by atoms with Gasteiger partial charge < -0.3 is 10.4 Å². The summed E-state index contributed by atoms with van der Waals surface area (Å²) in [6, 6.07) is 0. The largest absolute Gasteiger partial charge is 0.477 e. The van der Waals surface area contributed by atoms with Crippen LogP contribution in [0.1, 0.15) is 47.8 Å². The Balaban J connectivity index is 2.64. The topological polar surface area (TPSA) is 66.4 Å². The van der Waals surface area contributed by atoms with Crippen LogP contribution in [0.4, 0.5) is 5.69 Å². The van der Waals surface area contributed by atoms with E-state index >= 15 is 0 Å². The van der Waals surface area contributed by atoms with Crippen LogP contribution in [0.2, 0.25) is 0 Å². The first-order chi connectivity index (χ1) is 8.06. The molecule has 0 saturated carbocycles. The van der Waals surface area contributed by atoms with Crippen LogP contribution >= 0.6 is 11.3 Å². The Labute approximate surface area is 105 Å². The lowest BCUT2D eigenvalue weighted by molar-refractivity contribution is -0.116. The normalized spacial score (nSPS) is 10.2. The monoisotopic (exact) mass is 255 g/mol. The van der Waals surface area contributed by atoms with E-state index in [-0.39, 0.29) is 10.8 Å². The maximum atomic E-state index is 11.6. The van der Waals surface area contributed by atoms with Gasteiger partial charge >= 0.3 is 5.97 Å². The minimum absolute atomic E-state index is 0.109. The molecule has 0 radical (unpaired) electrons. The highest BCUT2D eigenvalue weighted by atomic mass is 32.1. The third kappa shape index (κ3) is 3.85. The molecule has 0 aliphatic heterocycles. The lowest BCUT2D eigenvalue weighted by atomic mass is 10.2. The Bertz CT molecular complexity index is 412. The second kappa shape index (κ2) is 6.39. The third-order valence-corrected chi connectivity index (χ3v) is 3.53. The number of rotatable bonds is 6. The zero-order valence-electron chi connectivity index (χ0n) is 10.1. The number of hydrogen-bond donors (Lipinski definition) is 2. The molecular weight excluding hydrogens is 238 g/mol. The van der Waals surface area contributed by atoms with Crippen molar-refractivity contribution >= 4 is 28.9 Å². The highest BCUT2D eigenvalue weighted by molar-refractivity contribution is 7.12. The number of anilines is 1. The Morgan fingerprint density at radius 3 is 2.71 bits per heavy atom. The third-order valence-electron chi connectivity index (χ3n) is 2.44. The molecule has 94 valence electrons. The van der Waals surface area contributed by atoms with E-state index in [1.807, 2.05) is 0 Å². The van der Waals surface area contributed by atoms with Crippen LogP contribution in [-0.2, 0) is 4.79 Å². The Morgan fingerprint density at radius 2 is 2.12 bits per heavy atom. The molecule has 0 aliphatic carbocycles. The van der Waals surface area contributed by atoms with Crippen LogP contribution in [0.15, 0.2) is 5.38 Å². The summed E-state index contributed by atoms with van der Waals surface area (Å²) in [5.74, 6) is -1.10. The average molecular weight is 255 g/mol. The SMILES string of the molecule is CCCCCC(=O)Nc1c(C)csc1C(=O)O. The van der Waals surface area contributed by atoms with E-state index in [2.05, 4.69) is 12.2 Å². The molecule has 1 aromatic heterocycles. The van der Waals surface area contributed by atoms with Crippen LogP contribution < -0.4 is 5.32 Å². The quantitative estimate of drug-likeness (QED) is 0.767. The van der Waals surface area contributed by atoms with Crippen molar-refractivity contribution in [2.75, 3.05) is 5.32 Å². The van der Waals surface area contributed by atoms with Crippen molar-refractivity contribution in [1.29, 1.82) is 0 Å². The molecule has 0 fully saturated rings. The highest BCUT2D eigenvalue weighted by Crippen LogP contribution is 2.27. The molecule has 1 aromatic rings. The number of hydrogen-bond acceptors (Lipinski definition) is 3. The molecule has 0 atom stereocenters. The van der Waals surface area contributed by atoms with Gasteiger partial charge in [-0.15, -0.1) is 11.3 Å². The van der Waals surface area contributed by atoms with Crippen molar-refractivity contribution in [2.45, 2.75) is 39.5 Å². The van der Waals surface area contributed by atoms with E-state index < -0.39 is 5.97 Å². The van der Waals surface area contributed by atoms with Gasteiger partial charge in [-0.1, -0.05) is 19.8 Å². The molecule has 1 rings (SSSR count). The zero-order chi connectivity index (χ0) is 12.8. The van der Waals surface area contributed by atoms with E-state index in [4.69, 9.17) is 5.11 Å². The van der Waals surface area contributed by atoms with Crippen LogP contribution in [0, 0.1) is 6.92 Å². The number of unbranched alkanes of at least 4 members (excludes halogenated alkanes) is 2. The van der Waals surface area contributed by atoms with Crippen molar-refractivity contribution in [1.82, 2.24) is 0 Å². The lowest BCUT2D eigenvalue weighted by Gasteiger charge is -2.05. The fourth-order valence-corrected chi connectivity index (χ4v) is 2.34. The van der Waals surface area contributed by atoms with Gasteiger partial charge in [0.2, 0.25) is 5.91 Å². The number of carboxylic acids is 1. The summed E-state index contributed by atoms with van der Waals surface area (Å²) in [6.45, 7) is 3.87. The highest BCUT2D eigenvalue weighted by Gasteiger charge is 2.16. The fraction of sp³-hybridized carbons (Fsp3) is 0.500. The predicted octanol–water partition coefficient (Wildman–Crippen LogP) is 3.27. The van der Waals surface area contributed by atoms with Crippen molar-refractivity contribution < 1.29 is 14.7 Å². The second-order valence-corrected chi connectivity index (χ2v) is 4.81. The summed E-state index contributed by atoms with van der Waals surface area (Å²) in [5.41, 5.74) is 1.25. The number of amides is 1. The van der Waals surface area contributed by atoms with Gasteiger partial charge in [-0.3, -0.25) is 4.79 Å². The molecule has 4 nitrogen and oxygen atoms in total.